The van der Waals surface area contributed by atoms with Gasteiger partial charge in [-0.2, -0.15) is 23.4 Å². The standard InChI is InChI=1S/C19H16F4N6/c1-24-6-10-3-13(19(21,22)23)17(14(20)4-10)15-5-12-16(8-25-15)27-28-18(12)11-7-26-29(2)9-11/h3-5,7-9,24H,6H2,1-2H3,(H,27,28). The van der Waals surface area contributed by atoms with Crippen LogP contribution in [0.1, 0.15) is 11.1 Å². The Kier molecular flexibility index (Phi) is 4.58. The smallest absolute Gasteiger partial charge is 0.316 e. The molecule has 29 heavy (non-hydrogen) atoms. The van der Waals surface area contributed by atoms with E-state index in [4.69, 9.17) is 0 Å². The highest BCUT2D eigenvalue weighted by molar-refractivity contribution is 5.94. The van der Waals surface area contributed by atoms with Gasteiger partial charge in [-0.3, -0.25) is 14.8 Å². The molecular weight excluding hydrogens is 388 g/mol. The number of benzene rings is 1. The molecule has 0 saturated carbocycles. The van der Waals surface area contributed by atoms with E-state index < -0.39 is 23.1 Å². The number of fused-ring (bicyclic) bond motifs is 1. The summed E-state index contributed by atoms with van der Waals surface area (Å²) in [5.74, 6) is -0.983. The number of pyridine rings is 1. The monoisotopic (exact) mass is 404 g/mol. The maximum atomic E-state index is 14.8. The fraction of sp³-hybridized carbons (Fsp3) is 0.211. The number of hydrogen-bond acceptors (Lipinski definition) is 4. The predicted octanol–water partition coefficient (Wildman–Crippen LogP) is 3.90. The molecule has 10 heteroatoms. The van der Waals surface area contributed by atoms with Crippen molar-refractivity contribution in [2.75, 3.05) is 7.05 Å². The maximum absolute atomic E-state index is 14.8. The van der Waals surface area contributed by atoms with Gasteiger partial charge in [0.2, 0.25) is 0 Å². The minimum atomic E-state index is -4.74. The average Bonchev–Trinajstić information content (AvgIpc) is 3.26. The molecule has 0 atom stereocenters. The number of aryl methyl sites for hydroxylation is 1. The molecule has 4 aromatic rings. The van der Waals surface area contributed by atoms with E-state index >= 15 is 0 Å². The van der Waals surface area contributed by atoms with Crippen LogP contribution in [0.4, 0.5) is 17.6 Å². The number of halogens is 4. The maximum Gasteiger partial charge on any atom is 0.417 e. The number of rotatable bonds is 4. The molecule has 0 spiro atoms. The third-order valence-electron chi connectivity index (χ3n) is 4.52. The van der Waals surface area contributed by atoms with Crippen LogP contribution in [-0.2, 0) is 19.8 Å². The first-order chi connectivity index (χ1) is 13.8. The molecule has 150 valence electrons. The van der Waals surface area contributed by atoms with Crippen LogP contribution in [0.25, 0.3) is 33.4 Å². The Hall–Kier alpha value is -3.27. The van der Waals surface area contributed by atoms with Gasteiger partial charge in [-0.05, 0) is 30.8 Å². The first-order valence-electron chi connectivity index (χ1n) is 8.65. The molecule has 2 N–H and O–H groups in total. The summed E-state index contributed by atoms with van der Waals surface area (Å²) in [6.07, 6.45) is -0.0776. The van der Waals surface area contributed by atoms with Crippen LogP contribution in [0, 0.1) is 5.82 Å². The van der Waals surface area contributed by atoms with Crippen LogP contribution in [0.5, 0.6) is 0 Å². The second kappa shape index (κ2) is 6.96. The zero-order valence-electron chi connectivity index (χ0n) is 15.5. The Labute approximate surface area is 162 Å². The molecule has 0 fully saturated rings. The number of aromatic amines is 1. The number of aromatic nitrogens is 5. The highest BCUT2D eigenvalue weighted by atomic mass is 19.4. The Balaban J connectivity index is 1.93. The van der Waals surface area contributed by atoms with Crippen LogP contribution < -0.4 is 5.32 Å². The van der Waals surface area contributed by atoms with Gasteiger partial charge in [-0.25, -0.2) is 4.39 Å². The van der Waals surface area contributed by atoms with Crippen molar-refractivity contribution in [3.8, 4) is 22.5 Å². The van der Waals surface area contributed by atoms with Crippen molar-refractivity contribution in [3.63, 3.8) is 0 Å². The fourth-order valence-electron chi connectivity index (χ4n) is 3.27. The predicted molar refractivity (Wildman–Crippen MR) is 99.3 cm³/mol. The number of alkyl halides is 3. The van der Waals surface area contributed by atoms with Crippen molar-refractivity contribution in [1.29, 1.82) is 0 Å². The summed E-state index contributed by atoms with van der Waals surface area (Å²) in [6.45, 7) is 0.111. The lowest BCUT2D eigenvalue weighted by molar-refractivity contribution is -0.137. The largest absolute Gasteiger partial charge is 0.417 e. The molecule has 3 aromatic heterocycles. The Morgan fingerprint density at radius 2 is 1.97 bits per heavy atom. The SMILES string of the molecule is CNCc1cc(F)c(-c2cc3c(-c4cnn(C)c4)n[nH]c3cn2)c(C(F)(F)F)c1. The van der Waals surface area contributed by atoms with Gasteiger partial charge in [-0.15, -0.1) is 0 Å². The van der Waals surface area contributed by atoms with Crippen molar-refractivity contribution in [2.45, 2.75) is 12.7 Å². The van der Waals surface area contributed by atoms with Crippen LogP contribution in [0.2, 0.25) is 0 Å². The number of hydrogen-bond donors (Lipinski definition) is 2. The molecule has 3 heterocycles. The van der Waals surface area contributed by atoms with Crippen LogP contribution >= 0.6 is 0 Å². The fourth-order valence-corrected chi connectivity index (χ4v) is 3.27. The molecule has 0 unspecified atom stereocenters. The molecule has 0 radical (unpaired) electrons. The number of nitrogens with zero attached hydrogens (tertiary/aromatic N) is 4. The van der Waals surface area contributed by atoms with E-state index in [1.165, 1.54) is 12.3 Å². The molecule has 0 amide bonds. The summed E-state index contributed by atoms with van der Waals surface area (Å²) in [5.41, 5.74) is 0.118. The Bertz CT molecular complexity index is 1190. The number of H-pyrrole nitrogens is 1. The van der Waals surface area contributed by atoms with Crippen molar-refractivity contribution < 1.29 is 17.6 Å². The summed E-state index contributed by atoms with van der Waals surface area (Å²) in [6, 6.07) is 3.44. The summed E-state index contributed by atoms with van der Waals surface area (Å²) in [7, 11) is 3.32. The molecule has 4 rings (SSSR count). The highest BCUT2D eigenvalue weighted by Gasteiger charge is 2.36. The minimum Gasteiger partial charge on any atom is -0.316 e. The van der Waals surface area contributed by atoms with Gasteiger partial charge in [0.05, 0.1) is 29.2 Å². The van der Waals surface area contributed by atoms with Crippen LogP contribution in [0.3, 0.4) is 0 Å². The third-order valence-corrected chi connectivity index (χ3v) is 4.52. The second-order valence-electron chi connectivity index (χ2n) is 6.62. The summed E-state index contributed by atoms with van der Waals surface area (Å²) >= 11 is 0. The second-order valence-corrected chi connectivity index (χ2v) is 6.62. The first-order valence-corrected chi connectivity index (χ1v) is 8.65. The van der Waals surface area contributed by atoms with Gasteiger partial charge in [0, 0.05) is 36.3 Å². The summed E-state index contributed by atoms with van der Waals surface area (Å²) < 4.78 is 57.5. The van der Waals surface area contributed by atoms with Gasteiger partial charge in [0.1, 0.15) is 11.5 Å². The van der Waals surface area contributed by atoms with Crippen molar-refractivity contribution >= 4 is 10.9 Å². The van der Waals surface area contributed by atoms with Crippen molar-refractivity contribution in [1.82, 2.24) is 30.3 Å². The van der Waals surface area contributed by atoms with E-state index in [0.717, 1.165) is 12.1 Å². The minimum absolute atomic E-state index is 0.111. The number of nitrogens with one attached hydrogen (secondary N) is 2. The quantitative estimate of drug-likeness (QED) is 0.506. The third kappa shape index (κ3) is 3.46. The summed E-state index contributed by atoms with van der Waals surface area (Å²) in [4.78, 5) is 4.05. The summed E-state index contributed by atoms with van der Waals surface area (Å²) in [5, 5.41) is 14.3. The van der Waals surface area contributed by atoms with E-state index in [2.05, 4.69) is 25.6 Å². The lowest BCUT2D eigenvalue weighted by Crippen LogP contribution is -2.13. The normalized spacial score (nSPS) is 12.1. The van der Waals surface area contributed by atoms with Crippen LogP contribution in [-0.4, -0.2) is 32.0 Å². The molecular formula is C19H16F4N6. The van der Waals surface area contributed by atoms with Gasteiger partial charge < -0.3 is 5.32 Å². The first kappa shape index (κ1) is 19.1. The highest BCUT2D eigenvalue weighted by Crippen LogP contribution is 2.40. The van der Waals surface area contributed by atoms with Crippen LogP contribution in [0.15, 0.2) is 36.8 Å². The lowest BCUT2D eigenvalue weighted by atomic mass is 9.98. The lowest BCUT2D eigenvalue weighted by Gasteiger charge is -2.15. The Morgan fingerprint density at radius 1 is 1.17 bits per heavy atom. The topological polar surface area (TPSA) is 71.4 Å². The van der Waals surface area contributed by atoms with Gasteiger partial charge in [0.25, 0.3) is 0 Å². The molecule has 0 aliphatic heterocycles. The van der Waals surface area contributed by atoms with Gasteiger partial charge in [-0.1, -0.05) is 0 Å². The molecule has 0 bridgehead atoms. The van der Waals surface area contributed by atoms with Crippen molar-refractivity contribution in [2.24, 2.45) is 7.05 Å². The van der Waals surface area contributed by atoms with Crippen molar-refractivity contribution in [3.05, 3.63) is 53.7 Å². The zero-order chi connectivity index (χ0) is 20.8. The van der Waals surface area contributed by atoms with E-state index in [0.29, 0.717) is 22.2 Å². The molecule has 6 nitrogen and oxygen atoms in total. The van der Waals surface area contributed by atoms with E-state index in [1.807, 2.05) is 0 Å². The van der Waals surface area contributed by atoms with E-state index in [9.17, 15) is 17.6 Å². The van der Waals surface area contributed by atoms with E-state index in [-0.39, 0.29) is 17.8 Å². The van der Waals surface area contributed by atoms with E-state index in [1.54, 1.807) is 31.2 Å². The molecule has 0 saturated heterocycles. The average molecular weight is 404 g/mol. The van der Waals surface area contributed by atoms with Gasteiger partial charge in [0.15, 0.2) is 0 Å². The molecule has 0 aliphatic carbocycles. The molecule has 1 aromatic carbocycles. The molecule has 0 aliphatic rings. The zero-order valence-corrected chi connectivity index (χ0v) is 15.5. The van der Waals surface area contributed by atoms with Gasteiger partial charge >= 0.3 is 6.18 Å². The Morgan fingerprint density at radius 3 is 2.62 bits per heavy atom.